The van der Waals surface area contributed by atoms with Gasteiger partial charge < -0.3 is 5.11 Å². The van der Waals surface area contributed by atoms with Crippen LogP contribution in [0.25, 0.3) is 0 Å². The third-order valence-corrected chi connectivity index (χ3v) is 7.87. The van der Waals surface area contributed by atoms with Gasteiger partial charge in [0.1, 0.15) is 0 Å². The van der Waals surface area contributed by atoms with Crippen molar-refractivity contribution in [2.75, 3.05) is 0 Å². The maximum atomic E-state index is 12.1. The number of carbonyl (C=O) groups excluding carboxylic acids is 1. The second kappa shape index (κ2) is 5.69. The molecule has 0 saturated heterocycles. The highest BCUT2D eigenvalue weighted by Crippen LogP contribution is 2.63. The standard InChI is InChI=1S/C22H30O2/c1-4-5-15-11-19-17-7-6-14-12-20(23)13(2)10-18(14)16(17)8-9-22(19,3)21(15)24/h4-5,12-13,16-19,21,24H,1,6-11H2,2-3H3/t13?,16-,17+,18-,19-,21-,22-/m0/s1. The van der Waals surface area contributed by atoms with E-state index in [-0.39, 0.29) is 17.4 Å². The number of ketones is 1. The molecule has 0 aromatic heterocycles. The first-order chi connectivity index (χ1) is 11.5. The zero-order valence-corrected chi connectivity index (χ0v) is 15.0. The SMILES string of the molecule is C=CC=C1C[C@H]2[C@@H]3CCC4=CC(=O)C(C)C[C@@H]4[C@H]3CC[C@]2(C)[C@H]1O. The summed E-state index contributed by atoms with van der Waals surface area (Å²) in [5, 5.41) is 10.9. The van der Waals surface area contributed by atoms with Crippen molar-refractivity contribution in [3.63, 3.8) is 0 Å². The summed E-state index contributed by atoms with van der Waals surface area (Å²) in [6.45, 7) is 8.22. The topological polar surface area (TPSA) is 37.3 Å². The molecule has 0 spiro atoms. The summed E-state index contributed by atoms with van der Waals surface area (Å²) >= 11 is 0. The molecule has 0 bridgehead atoms. The molecular weight excluding hydrogens is 296 g/mol. The van der Waals surface area contributed by atoms with E-state index in [9.17, 15) is 9.90 Å². The van der Waals surface area contributed by atoms with Crippen molar-refractivity contribution in [3.8, 4) is 0 Å². The Labute approximate surface area is 145 Å². The Kier molecular flexibility index (Phi) is 3.87. The van der Waals surface area contributed by atoms with E-state index in [0.29, 0.717) is 29.5 Å². The fraction of sp³-hybridized carbons (Fsp3) is 0.682. The molecule has 4 aliphatic rings. The highest BCUT2D eigenvalue weighted by atomic mass is 16.3. The monoisotopic (exact) mass is 326 g/mol. The van der Waals surface area contributed by atoms with Crippen molar-refractivity contribution in [2.45, 2.75) is 58.5 Å². The first-order valence-electron chi connectivity index (χ1n) is 9.69. The molecule has 130 valence electrons. The molecule has 4 rings (SSSR count). The van der Waals surface area contributed by atoms with E-state index in [1.165, 1.54) is 24.0 Å². The van der Waals surface area contributed by atoms with Crippen LogP contribution in [0.4, 0.5) is 0 Å². The highest BCUT2D eigenvalue weighted by molar-refractivity contribution is 5.93. The van der Waals surface area contributed by atoms with Gasteiger partial charge in [0, 0.05) is 11.3 Å². The predicted octanol–water partition coefficient (Wildman–Crippen LogP) is 4.46. The first-order valence-corrected chi connectivity index (χ1v) is 9.69. The lowest BCUT2D eigenvalue weighted by Crippen LogP contribution is -2.48. The van der Waals surface area contributed by atoms with Crippen molar-refractivity contribution in [1.29, 1.82) is 0 Å². The molecule has 0 amide bonds. The van der Waals surface area contributed by atoms with Gasteiger partial charge in [0.25, 0.3) is 0 Å². The van der Waals surface area contributed by atoms with Crippen LogP contribution in [-0.4, -0.2) is 17.0 Å². The minimum absolute atomic E-state index is 0.0350. The van der Waals surface area contributed by atoms with Gasteiger partial charge in [-0.2, -0.15) is 0 Å². The van der Waals surface area contributed by atoms with Crippen LogP contribution in [0.15, 0.2) is 36.0 Å². The van der Waals surface area contributed by atoms with E-state index < -0.39 is 0 Å². The van der Waals surface area contributed by atoms with Crippen LogP contribution in [0.1, 0.15) is 52.4 Å². The van der Waals surface area contributed by atoms with Gasteiger partial charge in [-0.3, -0.25) is 4.79 Å². The fourth-order valence-corrected chi connectivity index (χ4v) is 6.52. The first kappa shape index (κ1) is 16.3. The molecule has 0 radical (unpaired) electrons. The van der Waals surface area contributed by atoms with E-state index in [1.807, 2.05) is 18.2 Å². The molecule has 1 unspecified atom stereocenters. The Bertz CT molecular complexity index is 628. The molecule has 2 nitrogen and oxygen atoms in total. The van der Waals surface area contributed by atoms with E-state index in [2.05, 4.69) is 20.4 Å². The lowest BCUT2D eigenvalue weighted by atomic mass is 9.51. The highest BCUT2D eigenvalue weighted by Gasteiger charge is 2.57. The predicted molar refractivity (Wildman–Crippen MR) is 96.3 cm³/mol. The summed E-state index contributed by atoms with van der Waals surface area (Å²) in [6.07, 6.45) is 12.2. The number of allylic oxidation sites excluding steroid dienone is 3. The van der Waals surface area contributed by atoms with Gasteiger partial charge in [0.15, 0.2) is 5.78 Å². The lowest BCUT2D eigenvalue weighted by Gasteiger charge is -2.53. The second-order valence-electron chi connectivity index (χ2n) is 8.97. The molecule has 4 aliphatic carbocycles. The average Bonchev–Trinajstić information content (AvgIpc) is 2.81. The maximum absolute atomic E-state index is 12.1. The summed E-state index contributed by atoms with van der Waals surface area (Å²) < 4.78 is 0. The van der Waals surface area contributed by atoms with E-state index >= 15 is 0 Å². The molecule has 7 atom stereocenters. The van der Waals surface area contributed by atoms with Crippen molar-refractivity contribution >= 4 is 5.78 Å². The minimum Gasteiger partial charge on any atom is -0.388 e. The molecule has 0 aromatic rings. The lowest BCUT2D eigenvalue weighted by molar-refractivity contribution is -0.119. The van der Waals surface area contributed by atoms with E-state index in [4.69, 9.17) is 0 Å². The maximum Gasteiger partial charge on any atom is 0.158 e. The largest absolute Gasteiger partial charge is 0.388 e. The summed E-state index contributed by atoms with van der Waals surface area (Å²) in [6, 6.07) is 0. The molecule has 1 N–H and O–H groups in total. The van der Waals surface area contributed by atoms with Gasteiger partial charge >= 0.3 is 0 Å². The van der Waals surface area contributed by atoms with E-state index in [1.54, 1.807) is 0 Å². The molecule has 0 aromatic carbocycles. The molecule has 3 saturated carbocycles. The zero-order valence-electron chi connectivity index (χ0n) is 15.0. The normalized spacial score (nSPS) is 49.2. The van der Waals surface area contributed by atoms with Crippen LogP contribution >= 0.6 is 0 Å². The van der Waals surface area contributed by atoms with Crippen LogP contribution in [-0.2, 0) is 4.79 Å². The number of rotatable bonds is 1. The molecule has 0 heterocycles. The zero-order chi connectivity index (χ0) is 17.1. The van der Waals surface area contributed by atoms with Gasteiger partial charge in [0.05, 0.1) is 6.10 Å². The van der Waals surface area contributed by atoms with Crippen LogP contribution < -0.4 is 0 Å². The van der Waals surface area contributed by atoms with Crippen LogP contribution in [0.2, 0.25) is 0 Å². The van der Waals surface area contributed by atoms with Crippen LogP contribution in [0, 0.1) is 35.0 Å². The smallest absolute Gasteiger partial charge is 0.158 e. The van der Waals surface area contributed by atoms with Crippen molar-refractivity contribution < 1.29 is 9.90 Å². The van der Waals surface area contributed by atoms with Crippen molar-refractivity contribution in [3.05, 3.63) is 36.0 Å². The van der Waals surface area contributed by atoms with Gasteiger partial charge in [-0.1, -0.05) is 38.2 Å². The summed E-state index contributed by atoms with van der Waals surface area (Å²) in [5.74, 6) is 3.16. The third kappa shape index (κ3) is 2.22. The molecule has 24 heavy (non-hydrogen) atoms. The number of hydrogen-bond donors (Lipinski definition) is 1. The Morgan fingerprint density at radius 3 is 2.88 bits per heavy atom. The van der Waals surface area contributed by atoms with Gasteiger partial charge in [-0.15, -0.1) is 0 Å². The van der Waals surface area contributed by atoms with Gasteiger partial charge in [-0.05, 0) is 73.8 Å². The Hall–Kier alpha value is -1.15. The quantitative estimate of drug-likeness (QED) is 0.772. The van der Waals surface area contributed by atoms with E-state index in [0.717, 1.165) is 25.7 Å². The average molecular weight is 326 g/mol. The second-order valence-corrected chi connectivity index (χ2v) is 8.97. The van der Waals surface area contributed by atoms with Crippen molar-refractivity contribution in [1.82, 2.24) is 0 Å². The minimum atomic E-state index is -0.301. The fourth-order valence-electron chi connectivity index (χ4n) is 6.52. The van der Waals surface area contributed by atoms with Crippen LogP contribution in [0.5, 0.6) is 0 Å². The van der Waals surface area contributed by atoms with Gasteiger partial charge in [-0.25, -0.2) is 0 Å². The molecular formula is C22H30O2. The number of carbonyl (C=O) groups is 1. The Morgan fingerprint density at radius 1 is 1.33 bits per heavy atom. The Morgan fingerprint density at radius 2 is 2.12 bits per heavy atom. The summed E-state index contributed by atoms with van der Waals surface area (Å²) in [4.78, 5) is 12.1. The summed E-state index contributed by atoms with van der Waals surface area (Å²) in [7, 11) is 0. The number of aliphatic hydroxyl groups excluding tert-OH is 1. The third-order valence-electron chi connectivity index (χ3n) is 7.87. The molecule has 0 aliphatic heterocycles. The number of fused-ring (bicyclic) bond motifs is 5. The summed E-state index contributed by atoms with van der Waals surface area (Å²) in [5.41, 5.74) is 2.66. The number of hydrogen-bond acceptors (Lipinski definition) is 2. The van der Waals surface area contributed by atoms with Crippen LogP contribution in [0.3, 0.4) is 0 Å². The van der Waals surface area contributed by atoms with Crippen molar-refractivity contribution in [2.24, 2.45) is 35.0 Å². The number of aliphatic hydroxyl groups is 1. The molecule has 3 fully saturated rings. The Balaban J connectivity index is 1.65. The van der Waals surface area contributed by atoms with Gasteiger partial charge in [0.2, 0.25) is 0 Å². The molecule has 2 heteroatoms.